The number of rotatable bonds is 7. The average molecular weight is 388 g/mol. The van der Waals surface area contributed by atoms with Gasteiger partial charge in [-0.1, -0.05) is 6.07 Å². The molecule has 0 aliphatic carbocycles. The number of methoxy groups -OCH3 is 3. The summed E-state index contributed by atoms with van der Waals surface area (Å²) in [5.74, 6) is 1.77. The summed E-state index contributed by atoms with van der Waals surface area (Å²) in [6.45, 7) is 2.23. The zero-order valence-corrected chi connectivity index (χ0v) is 16.3. The Morgan fingerprint density at radius 1 is 1.22 bits per heavy atom. The van der Waals surface area contributed by atoms with Gasteiger partial charge in [-0.15, -0.1) is 11.3 Å². The van der Waals surface area contributed by atoms with Gasteiger partial charge in [-0.25, -0.2) is 9.78 Å². The minimum atomic E-state index is -0.477. The SMILES string of the molecule is COC(=O)c1cc(OC)c(OC)cc1NCc1nc(-c2cccs2)oc1C. The maximum Gasteiger partial charge on any atom is 0.340 e. The fourth-order valence-electron chi connectivity index (χ4n) is 2.58. The molecule has 0 spiro atoms. The van der Waals surface area contributed by atoms with E-state index < -0.39 is 5.97 Å². The van der Waals surface area contributed by atoms with Crippen LogP contribution in [0.5, 0.6) is 11.5 Å². The number of aromatic nitrogens is 1. The molecule has 7 nitrogen and oxygen atoms in total. The molecule has 3 aromatic rings. The topological polar surface area (TPSA) is 82.8 Å². The molecular weight excluding hydrogens is 368 g/mol. The van der Waals surface area contributed by atoms with E-state index in [0.717, 1.165) is 10.6 Å². The van der Waals surface area contributed by atoms with Crippen LogP contribution in [0.15, 0.2) is 34.1 Å². The van der Waals surface area contributed by atoms with Crippen molar-refractivity contribution in [1.82, 2.24) is 4.98 Å². The predicted molar refractivity (Wildman–Crippen MR) is 103 cm³/mol. The van der Waals surface area contributed by atoms with E-state index in [0.29, 0.717) is 40.9 Å². The number of aryl methyl sites for hydroxylation is 1. The highest BCUT2D eigenvalue weighted by Crippen LogP contribution is 2.34. The largest absolute Gasteiger partial charge is 0.493 e. The summed E-state index contributed by atoms with van der Waals surface area (Å²) in [5, 5.41) is 5.19. The maximum atomic E-state index is 12.1. The van der Waals surface area contributed by atoms with Crippen LogP contribution in [0.4, 0.5) is 5.69 Å². The maximum absolute atomic E-state index is 12.1. The molecule has 3 rings (SSSR count). The summed E-state index contributed by atoms with van der Waals surface area (Å²) in [5.41, 5.74) is 1.65. The van der Waals surface area contributed by atoms with E-state index in [-0.39, 0.29) is 0 Å². The van der Waals surface area contributed by atoms with Crippen molar-refractivity contribution >= 4 is 23.0 Å². The molecule has 2 heterocycles. The molecule has 0 atom stereocenters. The van der Waals surface area contributed by atoms with E-state index in [2.05, 4.69) is 10.3 Å². The molecule has 0 bridgehead atoms. The number of oxazole rings is 1. The Labute approximate surface area is 160 Å². The summed E-state index contributed by atoms with van der Waals surface area (Å²) in [6, 6.07) is 7.18. The standard InChI is InChI=1S/C19H20N2O5S/c1-11-14(21-18(26-11)17-6-5-7-27-17)10-20-13-9-16(24-3)15(23-2)8-12(13)19(22)25-4/h5-9,20H,10H2,1-4H3. The van der Waals surface area contributed by atoms with Crippen molar-refractivity contribution in [2.75, 3.05) is 26.6 Å². The van der Waals surface area contributed by atoms with Gasteiger partial charge in [0.05, 0.1) is 44.0 Å². The lowest BCUT2D eigenvalue weighted by Crippen LogP contribution is -2.10. The zero-order valence-electron chi connectivity index (χ0n) is 15.5. The third kappa shape index (κ3) is 3.90. The minimum Gasteiger partial charge on any atom is -0.493 e. The van der Waals surface area contributed by atoms with Crippen LogP contribution in [0.25, 0.3) is 10.8 Å². The van der Waals surface area contributed by atoms with E-state index >= 15 is 0 Å². The first-order chi connectivity index (χ1) is 13.1. The van der Waals surface area contributed by atoms with Gasteiger partial charge < -0.3 is 23.9 Å². The molecule has 0 saturated carbocycles. The van der Waals surface area contributed by atoms with E-state index in [1.165, 1.54) is 21.3 Å². The van der Waals surface area contributed by atoms with Crippen molar-refractivity contribution in [2.24, 2.45) is 0 Å². The molecule has 8 heteroatoms. The fourth-order valence-corrected chi connectivity index (χ4v) is 3.23. The van der Waals surface area contributed by atoms with Crippen molar-refractivity contribution in [3.63, 3.8) is 0 Å². The van der Waals surface area contributed by atoms with Crippen LogP contribution in [-0.4, -0.2) is 32.3 Å². The number of hydrogen-bond donors (Lipinski definition) is 1. The van der Waals surface area contributed by atoms with Crippen LogP contribution in [0, 0.1) is 6.92 Å². The van der Waals surface area contributed by atoms with E-state index in [1.807, 2.05) is 24.4 Å². The van der Waals surface area contributed by atoms with Gasteiger partial charge in [0.25, 0.3) is 0 Å². The van der Waals surface area contributed by atoms with Crippen molar-refractivity contribution in [2.45, 2.75) is 13.5 Å². The average Bonchev–Trinajstić information content (AvgIpc) is 3.34. The van der Waals surface area contributed by atoms with Gasteiger partial charge in [-0.3, -0.25) is 0 Å². The second-order valence-electron chi connectivity index (χ2n) is 5.60. The molecule has 2 aromatic heterocycles. The zero-order chi connectivity index (χ0) is 19.4. The lowest BCUT2D eigenvalue weighted by Gasteiger charge is -2.14. The summed E-state index contributed by atoms with van der Waals surface area (Å²) in [4.78, 5) is 17.7. The molecule has 0 radical (unpaired) electrons. The van der Waals surface area contributed by atoms with Crippen molar-refractivity contribution < 1.29 is 23.4 Å². The quantitative estimate of drug-likeness (QED) is 0.609. The fraction of sp³-hybridized carbons (Fsp3) is 0.263. The van der Waals surface area contributed by atoms with E-state index in [9.17, 15) is 4.79 Å². The number of thiophene rings is 1. The van der Waals surface area contributed by atoms with Crippen LogP contribution in [-0.2, 0) is 11.3 Å². The van der Waals surface area contributed by atoms with Crippen LogP contribution < -0.4 is 14.8 Å². The summed E-state index contributed by atoms with van der Waals surface area (Å²) in [7, 11) is 4.38. The Bertz CT molecular complexity index is 934. The highest BCUT2D eigenvalue weighted by molar-refractivity contribution is 7.13. The highest BCUT2D eigenvalue weighted by atomic mass is 32.1. The Morgan fingerprint density at radius 2 is 1.96 bits per heavy atom. The molecule has 1 N–H and O–H groups in total. The number of esters is 1. The van der Waals surface area contributed by atoms with Crippen LogP contribution >= 0.6 is 11.3 Å². The van der Waals surface area contributed by atoms with Crippen LogP contribution in [0.1, 0.15) is 21.8 Å². The van der Waals surface area contributed by atoms with Gasteiger partial charge in [-0.2, -0.15) is 0 Å². The van der Waals surface area contributed by atoms with E-state index in [1.54, 1.807) is 23.5 Å². The van der Waals surface area contributed by atoms with Gasteiger partial charge in [-0.05, 0) is 18.4 Å². The summed E-state index contributed by atoms with van der Waals surface area (Å²) >= 11 is 1.56. The van der Waals surface area contributed by atoms with Crippen molar-refractivity contribution in [1.29, 1.82) is 0 Å². The van der Waals surface area contributed by atoms with Crippen molar-refractivity contribution in [3.8, 4) is 22.3 Å². The molecule has 142 valence electrons. The molecule has 0 amide bonds. The number of anilines is 1. The lowest BCUT2D eigenvalue weighted by atomic mass is 10.1. The first-order valence-electron chi connectivity index (χ1n) is 8.15. The number of benzene rings is 1. The summed E-state index contributed by atoms with van der Waals surface area (Å²) in [6.07, 6.45) is 0. The minimum absolute atomic E-state index is 0.342. The number of nitrogens with zero attached hydrogens (tertiary/aromatic N) is 1. The van der Waals surface area contributed by atoms with Gasteiger partial charge in [0, 0.05) is 12.1 Å². The molecular formula is C19H20N2O5S. The first-order valence-corrected chi connectivity index (χ1v) is 9.03. The molecule has 0 fully saturated rings. The monoisotopic (exact) mass is 388 g/mol. The second-order valence-corrected chi connectivity index (χ2v) is 6.54. The number of ether oxygens (including phenoxy) is 3. The Hall–Kier alpha value is -3.00. The Kier molecular flexibility index (Phi) is 5.66. The molecule has 27 heavy (non-hydrogen) atoms. The van der Waals surface area contributed by atoms with Gasteiger partial charge in [0.1, 0.15) is 11.5 Å². The third-order valence-electron chi connectivity index (χ3n) is 4.00. The molecule has 0 aliphatic heterocycles. The Balaban J connectivity index is 1.88. The number of nitrogens with one attached hydrogen (secondary N) is 1. The van der Waals surface area contributed by atoms with Gasteiger partial charge in [0.15, 0.2) is 11.5 Å². The highest BCUT2D eigenvalue weighted by Gasteiger charge is 2.19. The summed E-state index contributed by atoms with van der Waals surface area (Å²) < 4.78 is 21.2. The molecule has 0 saturated heterocycles. The normalized spacial score (nSPS) is 10.5. The number of hydrogen-bond acceptors (Lipinski definition) is 8. The molecule has 1 aromatic carbocycles. The van der Waals surface area contributed by atoms with Crippen LogP contribution in [0.2, 0.25) is 0 Å². The molecule has 0 unspecified atom stereocenters. The number of carbonyl (C=O) groups excluding carboxylic acids is 1. The molecule has 0 aliphatic rings. The third-order valence-corrected chi connectivity index (χ3v) is 4.86. The number of carbonyl (C=O) groups is 1. The smallest absolute Gasteiger partial charge is 0.340 e. The lowest BCUT2D eigenvalue weighted by molar-refractivity contribution is 0.0601. The Morgan fingerprint density at radius 3 is 2.59 bits per heavy atom. The van der Waals surface area contributed by atoms with Crippen LogP contribution in [0.3, 0.4) is 0 Å². The first kappa shape index (κ1) is 18.8. The van der Waals surface area contributed by atoms with Crippen molar-refractivity contribution in [3.05, 3.63) is 46.7 Å². The van der Waals surface area contributed by atoms with Gasteiger partial charge >= 0.3 is 5.97 Å². The predicted octanol–water partition coefficient (Wildman–Crippen LogP) is 4.13. The van der Waals surface area contributed by atoms with Gasteiger partial charge in [0.2, 0.25) is 5.89 Å². The van der Waals surface area contributed by atoms with E-state index in [4.69, 9.17) is 18.6 Å². The second kappa shape index (κ2) is 8.13.